The number of carbonyl (C=O) groups is 2. The number of allylic oxidation sites excluding steroid dienone is 5. The molecule has 2 aliphatic carbocycles. The van der Waals surface area contributed by atoms with Gasteiger partial charge in [0.05, 0.1) is 36.7 Å². The Morgan fingerprint density at radius 2 is 2.11 bits per heavy atom. The Morgan fingerprint density at radius 1 is 1.30 bits per heavy atom. The summed E-state index contributed by atoms with van der Waals surface area (Å²) in [7, 11) is 0. The van der Waals surface area contributed by atoms with Gasteiger partial charge in [-0.15, -0.1) is 0 Å². The highest BCUT2D eigenvalue weighted by molar-refractivity contribution is 6.31. The third kappa shape index (κ3) is 5.14. The van der Waals surface area contributed by atoms with Crippen LogP contribution in [0.15, 0.2) is 59.8 Å². The molecule has 190 valence electrons. The van der Waals surface area contributed by atoms with E-state index in [0.717, 1.165) is 21.9 Å². The molecule has 2 amide bonds. The van der Waals surface area contributed by atoms with Gasteiger partial charge in [-0.05, 0) is 60.9 Å². The monoisotopic (exact) mass is 522 g/mol. The fraction of sp³-hybridized carbons (Fsp3) is 0.357. The first-order valence-corrected chi connectivity index (χ1v) is 12.6. The second-order valence-corrected chi connectivity index (χ2v) is 10.3. The highest BCUT2D eigenvalue weighted by Crippen LogP contribution is 2.52. The number of nitrogens with zero attached hydrogens (tertiary/aromatic N) is 3. The zero-order chi connectivity index (χ0) is 26.2. The molecule has 2 atom stereocenters. The first-order valence-electron chi connectivity index (χ1n) is 12.2. The van der Waals surface area contributed by atoms with E-state index in [1.807, 2.05) is 48.6 Å². The molecule has 1 aromatic heterocycles. The van der Waals surface area contributed by atoms with Crippen molar-refractivity contribution in [1.29, 1.82) is 5.26 Å². The number of alkyl halides is 2. The topological polar surface area (TPSA) is 86.1 Å². The minimum absolute atomic E-state index is 0.218. The molecule has 1 N–H and O–H groups in total. The molecule has 2 aromatic rings. The lowest BCUT2D eigenvalue weighted by molar-refractivity contribution is -0.134. The van der Waals surface area contributed by atoms with E-state index >= 15 is 0 Å². The molecular weight excluding hydrogens is 498 g/mol. The largest absolute Gasteiger partial charge is 0.343 e. The Bertz CT molecular complexity index is 1390. The molecule has 1 saturated heterocycles. The number of nitrogens with one attached hydrogen (secondary N) is 1. The van der Waals surface area contributed by atoms with Crippen LogP contribution in [-0.2, 0) is 4.79 Å². The second-order valence-electron chi connectivity index (χ2n) is 9.85. The molecule has 37 heavy (non-hydrogen) atoms. The molecule has 3 aliphatic rings. The van der Waals surface area contributed by atoms with Crippen LogP contribution in [0.3, 0.4) is 0 Å². The van der Waals surface area contributed by atoms with E-state index in [-0.39, 0.29) is 11.8 Å². The predicted molar refractivity (Wildman–Crippen MR) is 137 cm³/mol. The Morgan fingerprint density at radius 3 is 2.81 bits per heavy atom. The van der Waals surface area contributed by atoms with Crippen LogP contribution in [0, 0.1) is 23.2 Å². The van der Waals surface area contributed by atoms with Gasteiger partial charge >= 0.3 is 0 Å². The molecule has 1 saturated carbocycles. The smallest absolute Gasteiger partial charge is 0.268 e. The number of pyridine rings is 1. The average Bonchev–Trinajstić information content (AvgIpc) is 3.70. The highest BCUT2D eigenvalue weighted by Gasteiger charge is 2.62. The van der Waals surface area contributed by atoms with E-state index < -0.39 is 42.8 Å². The Hall–Kier alpha value is -3.57. The maximum atomic E-state index is 14.2. The lowest BCUT2D eigenvalue weighted by atomic mass is 9.91. The predicted octanol–water partition coefficient (Wildman–Crippen LogP) is 5.22. The van der Waals surface area contributed by atoms with Crippen molar-refractivity contribution >= 4 is 40.4 Å². The number of benzene rings is 1. The standard InChI is InChI=1S/C28H25ClF2N4O2/c29-21-8-3-18(4-9-21)1-2-19-5-10-24-23(13-19)22(11-12-33-24)26(37)34-14-25(36)35-17-28(30,31)15-27(35,16-32)20-6-7-20/h1-3,5,8-13,18,20H,4,6-7,14-15,17H2,(H,34,37)/b2-1+. The van der Waals surface area contributed by atoms with Gasteiger partial charge in [0.2, 0.25) is 5.91 Å². The van der Waals surface area contributed by atoms with E-state index in [2.05, 4.69) is 16.4 Å². The van der Waals surface area contributed by atoms with Gasteiger partial charge in [0, 0.05) is 16.6 Å². The van der Waals surface area contributed by atoms with Crippen LogP contribution in [0.4, 0.5) is 8.78 Å². The lowest BCUT2D eigenvalue weighted by Gasteiger charge is -2.31. The molecule has 0 bridgehead atoms. The fourth-order valence-electron chi connectivity index (χ4n) is 5.15. The van der Waals surface area contributed by atoms with Crippen LogP contribution in [0.1, 0.15) is 41.6 Å². The molecule has 9 heteroatoms. The number of aromatic nitrogens is 1. The molecule has 5 rings (SSSR count). The van der Waals surface area contributed by atoms with Crippen molar-refractivity contribution in [2.24, 2.45) is 11.8 Å². The molecular formula is C28H25ClF2N4O2. The molecule has 0 radical (unpaired) electrons. The van der Waals surface area contributed by atoms with Crippen molar-refractivity contribution in [3.05, 3.63) is 70.9 Å². The average molecular weight is 523 g/mol. The normalized spacial score (nSPS) is 24.8. The van der Waals surface area contributed by atoms with Crippen LogP contribution in [0.25, 0.3) is 17.0 Å². The number of rotatable bonds is 6. The van der Waals surface area contributed by atoms with E-state index in [1.165, 1.54) is 6.20 Å². The maximum Gasteiger partial charge on any atom is 0.268 e. The third-order valence-corrected chi connectivity index (χ3v) is 7.46. The minimum atomic E-state index is -3.13. The van der Waals surface area contributed by atoms with Gasteiger partial charge in [0.15, 0.2) is 0 Å². The minimum Gasteiger partial charge on any atom is -0.343 e. The van der Waals surface area contributed by atoms with E-state index in [1.54, 1.807) is 6.07 Å². The number of carbonyl (C=O) groups excluding carboxylic acids is 2. The molecule has 2 heterocycles. The first kappa shape index (κ1) is 25.1. The summed E-state index contributed by atoms with van der Waals surface area (Å²) in [4.78, 5) is 31.3. The Balaban J connectivity index is 1.31. The Kier molecular flexibility index (Phi) is 6.59. The summed E-state index contributed by atoms with van der Waals surface area (Å²) in [5.41, 5.74) is 0.299. The maximum absolute atomic E-state index is 14.2. The number of nitriles is 1. The van der Waals surface area contributed by atoms with Crippen LogP contribution >= 0.6 is 11.6 Å². The zero-order valence-corrected chi connectivity index (χ0v) is 20.7. The number of hydrogen-bond donors (Lipinski definition) is 1. The number of likely N-dealkylation sites (tertiary alicyclic amines) is 1. The van der Waals surface area contributed by atoms with Gasteiger partial charge in [-0.2, -0.15) is 5.26 Å². The number of fused-ring (bicyclic) bond motifs is 1. The third-order valence-electron chi connectivity index (χ3n) is 7.18. The van der Waals surface area contributed by atoms with Crippen LogP contribution in [0.2, 0.25) is 0 Å². The summed E-state index contributed by atoms with van der Waals surface area (Å²) in [6, 6.07) is 9.12. The van der Waals surface area contributed by atoms with Crippen molar-refractivity contribution in [3.8, 4) is 6.07 Å². The van der Waals surface area contributed by atoms with Gasteiger partial charge < -0.3 is 10.2 Å². The quantitative estimate of drug-likeness (QED) is 0.564. The highest BCUT2D eigenvalue weighted by atomic mass is 35.5. The summed E-state index contributed by atoms with van der Waals surface area (Å²) < 4.78 is 28.5. The fourth-order valence-corrected chi connectivity index (χ4v) is 5.31. The summed E-state index contributed by atoms with van der Waals surface area (Å²) in [6.45, 7) is -1.28. The van der Waals surface area contributed by atoms with Gasteiger partial charge in [0.25, 0.3) is 11.8 Å². The number of halogens is 3. The number of hydrogen-bond acceptors (Lipinski definition) is 4. The van der Waals surface area contributed by atoms with E-state index in [0.29, 0.717) is 29.3 Å². The van der Waals surface area contributed by atoms with Crippen LogP contribution < -0.4 is 5.32 Å². The van der Waals surface area contributed by atoms with Crippen LogP contribution in [-0.4, -0.2) is 46.2 Å². The van der Waals surface area contributed by atoms with Crippen molar-refractivity contribution in [3.63, 3.8) is 0 Å². The van der Waals surface area contributed by atoms with Crippen molar-refractivity contribution < 1.29 is 18.4 Å². The van der Waals surface area contributed by atoms with E-state index in [4.69, 9.17) is 11.6 Å². The van der Waals surface area contributed by atoms with Gasteiger partial charge in [-0.1, -0.05) is 42.0 Å². The van der Waals surface area contributed by atoms with Gasteiger partial charge in [-0.3, -0.25) is 14.6 Å². The first-order chi connectivity index (χ1) is 17.7. The van der Waals surface area contributed by atoms with Crippen molar-refractivity contribution in [2.75, 3.05) is 13.1 Å². The van der Waals surface area contributed by atoms with E-state index in [9.17, 15) is 23.6 Å². The summed E-state index contributed by atoms with van der Waals surface area (Å²) in [5, 5.41) is 13.6. The molecule has 2 unspecified atom stereocenters. The molecule has 6 nitrogen and oxygen atoms in total. The zero-order valence-electron chi connectivity index (χ0n) is 20.0. The molecule has 1 aromatic carbocycles. The summed E-state index contributed by atoms with van der Waals surface area (Å²) in [5.74, 6) is -4.36. The lowest BCUT2D eigenvalue weighted by Crippen LogP contribution is -2.51. The van der Waals surface area contributed by atoms with Crippen molar-refractivity contribution in [2.45, 2.75) is 37.1 Å². The SMILES string of the molecule is N#CC1(C2CC2)CC(F)(F)CN1C(=O)CNC(=O)c1ccnc2ccc(/C=C/C3C=CC(Cl)=CC3)cc12. The Labute approximate surface area is 218 Å². The molecule has 2 fully saturated rings. The van der Waals surface area contributed by atoms with Gasteiger partial charge in [0.1, 0.15) is 5.54 Å². The van der Waals surface area contributed by atoms with Crippen molar-refractivity contribution in [1.82, 2.24) is 15.2 Å². The number of amides is 2. The molecule has 0 spiro atoms. The van der Waals surface area contributed by atoms with Crippen LogP contribution in [0.5, 0.6) is 0 Å². The molecule has 1 aliphatic heterocycles. The summed E-state index contributed by atoms with van der Waals surface area (Å²) >= 11 is 5.98. The second kappa shape index (κ2) is 9.71. The summed E-state index contributed by atoms with van der Waals surface area (Å²) in [6.07, 6.45) is 12.8. The van der Waals surface area contributed by atoms with Gasteiger partial charge in [-0.25, -0.2) is 8.78 Å².